The van der Waals surface area contributed by atoms with Crippen LogP contribution in [0.4, 0.5) is 0 Å². The van der Waals surface area contributed by atoms with Crippen molar-refractivity contribution in [3.63, 3.8) is 0 Å². The average Bonchev–Trinajstić information content (AvgIpc) is 2.51. The molecule has 1 aromatic rings. The van der Waals surface area contributed by atoms with E-state index in [9.17, 15) is 9.59 Å². The molecule has 1 rings (SSSR count). The minimum atomic E-state index is -1.02. The van der Waals surface area contributed by atoms with Gasteiger partial charge in [-0.05, 0) is 50.8 Å². The molecule has 6 heteroatoms. The Labute approximate surface area is 135 Å². The van der Waals surface area contributed by atoms with Gasteiger partial charge in [0.05, 0.1) is 0 Å². The van der Waals surface area contributed by atoms with Gasteiger partial charge in [0, 0.05) is 10.9 Å². The highest BCUT2D eigenvalue weighted by molar-refractivity contribution is 7.98. The fraction of sp³-hybridized carbons (Fsp3) is 0.500. The number of rotatable bonds is 8. The summed E-state index contributed by atoms with van der Waals surface area (Å²) >= 11 is 1.63. The molecule has 1 N–H and O–H groups in total. The number of thioether (sulfide) groups is 1. The van der Waals surface area contributed by atoms with Gasteiger partial charge in [-0.15, -0.1) is 11.8 Å². The van der Waals surface area contributed by atoms with Crippen LogP contribution in [0.3, 0.4) is 0 Å². The van der Waals surface area contributed by atoms with E-state index in [1.807, 2.05) is 32.2 Å². The molecule has 0 heterocycles. The Morgan fingerprint density at radius 3 is 2.32 bits per heavy atom. The van der Waals surface area contributed by atoms with Crippen molar-refractivity contribution in [2.24, 2.45) is 0 Å². The lowest BCUT2D eigenvalue weighted by Crippen LogP contribution is -2.47. The molecule has 0 bridgehead atoms. The molecule has 0 saturated heterocycles. The molecule has 1 amide bonds. The van der Waals surface area contributed by atoms with Crippen molar-refractivity contribution in [1.82, 2.24) is 4.90 Å². The standard InChI is InChI=1S/C16H23NO4S/c1-5-11(2)17(10-15(18)19)16(20)12(3)21-13-6-8-14(22-4)9-7-13/h6-9,11-12H,5,10H2,1-4H3,(H,18,19). The Hall–Kier alpha value is -1.69. The van der Waals surface area contributed by atoms with E-state index >= 15 is 0 Å². The van der Waals surface area contributed by atoms with Crippen molar-refractivity contribution in [3.05, 3.63) is 24.3 Å². The second-order valence-electron chi connectivity index (χ2n) is 5.05. The second kappa shape index (κ2) is 8.68. The molecule has 0 radical (unpaired) electrons. The Morgan fingerprint density at radius 1 is 1.27 bits per heavy atom. The predicted molar refractivity (Wildman–Crippen MR) is 87.4 cm³/mol. The molecule has 0 saturated carbocycles. The number of carboxylic acids is 1. The summed E-state index contributed by atoms with van der Waals surface area (Å²) in [4.78, 5) is 25.8. The molecule has 2 unspecified atom stereocenters. The van der Waals surface area contributed by atoms with Crippen LogP contribution in [-0.4, -0.2) is 46.8 Å². The Morgan fingerprint density at radius 2 is 1.86 bits per heavy atom. The molecule has 0 aliphatic carbocycles. The number of aliphatic carboxylic acids is 1. The molecule has 22 heavy (non-hydrogen) atoms. The summed E-state index contributed by atoms with van der Waals surface area (Å²) in [5, 5.41) is 8.97. The Bertz CT molecular complexity index is 503. The van der Waals surface area contributed by atoms with Crippen LogP contribution in [0.15, 0.2) is 29.2 Å². The van der Waals surface area contributed by atoms with Gasteiger partial charge in [-0.2, -0.15) is 0 Å². The number of carbonyl (C=O) groups excluding carboxylic acids is 1. The lowest BCUT2D eigenvalue weighted by molar-refractivity contribution is -0.149. The number of ether oxygens (including phenoxy) is 1. The summed E-state index contributed by atoms with van der Waals surface area (Å²) in [6, 6.07) is 7.30. The maximum Gasteiger partial charge on any atom is 0.323 e. The maximum atomic E-state index is 12.4. The summed E-state index contributed by atoms with van der Waals surface area (Å²) < 4.78 is 5.64. The molecule has 5 nitrogen and oxygen atoms in total. The number of nitrogens with zero attached hydrogens (tertiary/aromatic N) is 1. The molecule has 0 aliphatic heterocycles. The highest BCUT2D eigenvalue weighted by atomic mass is 32.2. The second-order valence-corrected chi connectivity index (χ2v) is 5.93. The fourth-order valence-electron chi connectivity index (χ4n) is 1.96. The Balaban J connectivity index is 2.77. The zero-order chi connectivity index (χ0) is 16.7. The van der Waals surface area contributed by atoms with Gasteiger partial charge in [0.1, 0.15) is 12.3 Å². The summed E-state index contributed by atoms with van der Waals surface area (Å²) in [7, 11) is 0. The SMILES string of the molecule is CCC(C)N(CC(=O)O)C(=O)C(C)Oc1ccc(SC)cc1. The largest absolute Gasteiger partial charge is 0.481 e. The fourth-order valence-corrected chi connectivity index (χ4v) is 2.37. The van der Waals surface area contributed by atoms with Gasteiger partial charge in [-0.25, -0.2) is 0 Å². The summed E-state index contributed by atoms with van der Waals surface area (Å²) in [6.45, 7) is 5.08. The van der Waals surface area contributed by atoms with Crippen LogP contribution < -0.4 is 4.74 Å². The summed E-state index contributed by atoms with van der Waals surface area (Å²) in [5.41, 5.74) is 0. The van der Waals surface area contributed by atoms with Crippen molar-refractivity contribution in [2.45, 2.75) is 44.2 Å². The lowest BCUT2D eigenvalue weighted by Gasteiger charge is -2.29. The maximum absolute atomic E-state index is 12.4. The number of carboxylic acid groups (broad SMARTS) is 1. The van der Waals surface area contributed by atoms with Crippen LogP contribution in [0, 0.1) is 0 Å². The van der Waals surface area contributed by atoms with Crippen LogP contribution >= 0.6 is 11.8 Å². The third-order valence-electron chi connectivity index (χ3n) is 3.43. The highest BCUT2D eigenvalue weighted by Crippen LogP contribution is 2.20. The molecule has 1 aromatic carbocycles. The minimum absolute atomic E-state index is 0.145. The Kier molecular flexibility index (Phi) is 7.24. The first-order chi connectivity index (χ1) is 10.4. The number of amides is 1. The summed E-state index contributed by atoms with van der Waals surface area (Å²) in [5.74, 6) is -0.742. The predicted octanol–water partition coefficient (Wildman–Crippen LogP) is 2.89. The lowest BCUT2D eigenvalue weighted by atomic mass is 10.2. The van der Waals surface area contributed by atoms with Crippen LogP contribution in [0.2, 0.25) is 0 Å². The van der Waals surface area contributed by atoms with Crippen LogP contribution in [0.1, 0.15) is 27.2 Å². The molecule has 0 aliphatic rings. The molecular weight excluding hydrogens is 302 g/mol. The van der Waals surface area contributed by atoms with Gasteiger partial charge in [0.25, 0.3) is 5.91 Å². The van der Waals surface area contributed by atoms with Crippen LogP contribution in [0.5, 0.6) is 5.75 Å². The van der Waals surface area contributed by atoms with Gasteiger partial charge in [0.2, 0.25) is 0 Å². The number of carbonyl (C=O) groups is 2. The molecule has 2 atom stereocenters. The van der Waals surface area contributed by atoms with Gasteiger partial charge in [-0.3, -0.25) is 9.59 Å². The zero-order valence-corrected chi connectivity index (χ0v) is 14.2. The average molecular weight is 325 g/mol. The van der Waals surface area contributed by atoms with Crippen LogP contribution in [-0.2, 0) is 9.59 Å². The van der Waals surface area contributed by atoms with Crippen molar-refractivity contribution in [3.8, 4) is 5.75 Å². The molecular formula is C16H23NO4S. The zero-order valence-electron chi connectivity index (χ0n) is 13.4. The molecule has 0 aromatic heterocycles. The van der Waals surface area contributed by atoms with E-state index in [1.54, 1.807) is 30.8 Å². The van der Waals surface area contributed by atoms with Crippen molar-refractivity contribution >= 4 is 23.6 Å². The van der Waals surface area contributed by atoms with Gasteiger partial charge < -0.3 is 14.7 Å². The van der Waals surface area contributed by atoms with Crippen LogP contribution in [0.25, 0.3) is 0 Å². The summed E-state index contributed by atoms with van der Waals surface area (Å²) in [6.07, 6.45) is 1.94. The van der Waals surface area contributed by atoms with E-state index in [0.717, 1.165) is 4.90 Å². The van der Waals surface area contributed by atoms with Crippen molar-refractivity contribution in [1.29, 1.82) is 0 Å². The third kappa shape index (κ3) is 5.26. The van der Waals surface area contributed by atoms with E-state index in [1.165, 1.54) is 4.90 Å². The van der Waals surface area contributed by atoms with E-state index < -0.39 is 12.1 Å². The van der Waals surface area contributed by atoms with E-state index in [-0.39, 0.29) is 18.5 Å². The number of hydrogen-bond donors (Lipinski definition) is 1. The molecule has 122 valence electrons. The smallest absolute Gasteiger partial charge is 0.323 e. The van der Waals surface area contributed by atoms with E-state index in [0.29, 0.717) is 12.2 Å². The quantitative estimate of drug-likeness (QED) is 0.744. The van der Waals surface area contributed by atoms with E-state index in [4.69, 9.17) is 9.84 Å². The van der Waals surface area contributed by atoms with Gasteiger partial charge in [-0.1, -0.05) is 6.92 Å². The first-order valence-corrected chi connectivity index (χ1v) is 8.44. The minimum Gasteiger partial charge on any atom is -0.481 e. The number of hydrogen-bond acceptors (Lipinski definition) is 4. The normalized spacial score (nSPS) is 13.3. The molecule has 0 fully saturated rings. The van der Waals surface area contributed by atoms with E-state index in [2.05, 4.69) is 0 Å². The molecule has 0 spiro atoms. The van der Waals surface area contributed by atoms with Crippen molar-refractivity contribution < 1.29 is 19.4 Å². The van der Waals surface area contributed by atoms with Crippen molar-refractivity contribution in [2.75, 3.05) is 12.8 Å². The highest BCUT2D eigenvalue weighted by Gasteiger charge is 2.27. The number of benzene rings is 1. The van der Waals surface area contributed by atoms with Gasteiger partial charge in [0.15, 0.2) is 6.10 Å². The first-order valence-electron chi connectivity index (χ1n) is 7.22. The third-order valence-corrected chi connectivity index (χ3v) is 4.18. The topological polar surface area (TPSA) is 66.8 Å². The van der Waals surface area contributed by atoms with Gasteiger partial charge >= 0.3 is 5.97 Å². The monoisotopic (exact) mass is 325 g/mol. The first kappa shape index (κ1) is 18.4.